The molecule has 1 heterocycles. The van der Waals surface area contributed by atoms with Crippen LogP contribution in [0.25, 0.3) is 0 Å². The minimum absolute atomic E-state index is 0.0956. The molecule has 4 nitrogen and oxygen atoms in total. The fourth-order valence-corrected chi connectivity index (χ4v) is 1.19. The van der Waals surface area contributed by atoms with Crippen molar-refractivity contribution < 1.29 is 14.6 Å². The number of pyridine rings is 1. The second-order valence-electron chi connectivity index (χ2n) is 2.12. The fourth-order valence-electron chi connectivity index (χ4n) is 0.758. The lowest BCUT2D eigenvalue weighted by Crippen LogP contribution is -2.04. The molecule has 13 heavy (non-hydrogen) atoms. The molecule has 1 rings (SSSR count). The first-order valence-corrected chi connectivity index (χ1v) is 4.36. The second kappa shape index (κ2) is 3.93. The standard InChI is InChI=1S/C7H5BrClNO3/c1-13-4-2-3(8)6(9)10-5(4)7(11)12/h2H,1H3,(H,11,12). The maximum atomic E-state index is 10.6. The Balaban J connectivity index is 3.33. The van der Waals surface area contributed by atoms with Gasteiger partial charge in [-0.25, -0.2) is 9.78 Å². The van der Waals surface area contributed by atoms with E-state index < -0.39 is 5.97 Å². The Morgan fingerprint density at radius 1 is 1.77 bits per heavy atom. The number of halogens is 2. The molecule has 0 aliphatic carbocycles. The molecule has 0 atom stereocenters. The number of nitrogens with zero attached hydrogens (tertiary/aromatic N) is 1. The van der Waals surface area contributed by atoms with Gasteiger partial charge in [-0.15, -0.1) is 0 Å². The minimum Gasteiger partial charge on any atom is -0.494 e. The maximum Gasteiger partial charge on any atom is 0.358 e. The summed E-state index contributed by atoms with van der Waals surface area (Å²) in [5.74, 6) is -1.00. The number of hydrogen-bond donors (Lipinski definition) is 1. The average molecular weight is 266 g/mol. The number of methoxy groups -OCH3 is 1. The third-order valence-electron chi connectivity index (χ3n) is 1.32. The molecule has 1 aromatic rings. The van der Waals surface area contributed by atoms with Gasteiger partial charge in [-0.2, -0.15) is 0 Å². The van der Waals surface area contributed by atoms with Gasteiger partial charge in [0.2, 0.25) is 0 Å². The monoisotopic (exact) mass is 265 g/mol. The molecule has 0 amide bonds. The van der Waals surface area contributed by atoms with E-state index in [0.717, 1.165) is 0 Å². The zero-order valence-corrected chi connectivity index (χ0v) is 8.89. The Morgan fingerprint density at radius 2 is 2.38 bits per heavy atom. The predicted molar refractivity (Wildman–Crippen MR) is 50.5 cm³/mol. The van der Waals surface area contributed by atoms with Crippen molar-refractivity contribution in [3.05, 3.63) is 21.4 Å². The highest BCUT2D eigenvalue weighted by Gasteiger charge is 2.15. The molecule has 0 unspecified atom stereocenters. The van der Waals surface area contributed by atoms with Crippen molar-refractivity contribution in [3.63, 3.8) is 0 Å². The van der Waals surface area contributed by atoms with Crippen LogP contribution in [-0.4, -0.2) is 23.2 Å². The van der Waals surface area contributed by atoms with Crippen LogP contribution < -0.4 is 4.74 Å². The maximum absolute atomic E-state index is 10.6. The number of carboxylic acid groups (broad SMARTS) is 1. The van der Waals surface area contributed by atoms with Gasteiger partial charge < -0.3 is 9.84 Å². The van der Waals surface area contributed by atoms with Crippen LogP contribution in [0.5, 0.6) is 5.75 Å². The van der Waals surface area contributed by atoms with Crippen LogP contribution in [0.15, 0.2) is 10.5 Å². The highest BCUT2D eigenvalue weighted by molar-refractivity contribution is 9.10. The first-order valence-electron chi connectivity index (χ1n) is 3.19. The van der Waals surface area contributed by atoms with Gasteiger partial charge in [0.1, 0.15) is 5.15 Å². The van der Waals surface area contributed by atoms with Crippen molar-refractivity contribution in [2.45, 2.75) is 0 Å². The van der Waals surface area contributed by atoms with Crippen molar-refractivity contribution in [1.29, 1.82) is 0 Å². The van der Waals surface area contributed by atoms with Crippen molar-refractivity contribution >= 4 is 33.5 Å². The van der Waals surface area contributed by atoms with E-state index >= 15 is 0 Å². The Hall–Kier alpha value is -0.810. The Kier molecular flexibility index (Phi) is 3.11. The zero-order valence-electron chi connectivity index (χ0n) is 6.54. The first kappa shape index (κ1) is 10.3. The molecule has 1 aromatic heterocycles. The van der Waals surface area contributed by atoms with E-state index in [0.29, 0.717) is 4.47 Å². The summed E-state index contributed by atoms with van der Waals surface area (Å²) in [7, 11) is 1.36. The lowest BCUT2D eigenvalue weighted by molar-refractivity contribution is 0.0686. The summed E-state index contributed by atoms with van der Waals surface area (Å²) in [5, 5.41) is 8.79. The van der Waals surface area contributed by atoms with Gasteiger partial charge in [0.05, 0.1) is 11.6 Å². The van der Waals surface area contributed by atoms with Crippen LogP contribution in [-0.2, 0) is 0 Å². The van der Waals surface area contributed by atoms with E-state index in [4.69, 9.17) is 21.4 Å². The lowest BCUT2D eigenvalue weighted by atomic mass is 10.3. The van der Waals surface area contributed by atoms with Gasteiger partial charge in [0.15, 0.2) is 11.4 Å². The van der Waals surface area contributed by atoms with Crippen molar-refractivity contribution in [1.82, 2.24) is 4.98 Å². The Morgan fingerprint density at radius 3 is 2.85 bits per heavy atom. The molecule has 0 aliphatic heterocycles. The Bertz CT molecular complexity index is 356. The number of hydrogen-bond acceptors (Lipinski definition) is 3. The average Bonchev–Trinajstić information content (AvgIpc) is 2.08. The van der Waals surface area contributed by atoms with Crippen LogP contribution in [0.1, 0.15) is 10.5 Å². The van der Waals surface area contributed by atoms with Crippen LogP contribution in [0, 0.1) is 0 Å². The molecule has 1 N–H and O–H groups in total. The molecular weight excluding hydrogens is 261 g/mol. The number of aromatic carboxylic acids is 1. The van der Waals surface area contributed by atoms with Gasteiger partial charge in [-0.05, 0) is 22.0 Å². The molecule has 0 aliphatic rings. The highest BCUT2D eigenvalue weighted by atomic mass is 79.9. The van der Waals surface area contributed by atoms with Crippen LogP contribution in [0.3, 0.4) is 0 Å². The van der Waals surface area contributed by atoms with Crippen molar-refractivity contribution in [2.24, 2.45) is 0 Å². The van der Waals surface area contributed by atoms with Crippen LogP contribution in [0.2, 0.25) is 5.15 Å². The van der Waals surface area contributed by atoms with E-state index in [-0.39, 0.29) is 16.6 Å². The molecule has 0 aromatic carbocycles. The fraction of sp³-hybridized carbons (Fsp3) is 0.143. The molecule has 0 spiro atoms. The summed E-state index contributed by atoms with van der Waals surface area (Å²) >= 11 is 8.71. The van der Waals surface area contributed by atoms with Gasteiger partial charge in [-0.1, -0.05) is 11.6 Å². The summed E-state index contributed by atoms with van der Waals surface area (Å²) in [6, 6.07) is 1.46. The molecule has 0 bridgehead atoms. The third-order valence-corrected chi connectivity index (χ3v) is 2.44. The molecule has 0 fully saturated rings. The lowest BCUT2D eigenvalue weighted by Gasteiger charge is -2.04. The summed E-state index contributed by atoms with van der Waals surface area (Å²) in [6.07, 6.45) is 0. The second-order valence-corrected chi connectivity index (χ2v) is 3.33. The number of rotatable bonds is 2. The summed E-state index contributed by atoms with van der Waals surface area (Å²) < 4.78 is 5.31. The van der Waals surface area contributed by atoms with E-state index in [1.807, 2.05) is 0 Å². The van der Waals surface area contributed by atoms with E-state index in [2.05, 4.69) is 20.9 Å². The smallest absolute Gasteiger partial charge is 0.358 e. The van der Waals surface area contributed by atoms with Crippen LogP contribution in [0.4, 0.5) is 0 Å². The molecule has 6 heteroatoms. The van der Waals surface area contributed by atoms with Crippen LogP contribution >= 0.6 is 27.5 Å². The molecule has 70 valence electrons. The van der Waals surface area contributed by atoms with Gasteiger partial charge in [-0.3, -0.25) is 0 Å². The summed E-state index contributed by atoms with van der Waals surface area (Å²) in [6.45, 7) is 0. The van der Waals surface area contributed by atoms with Gasteiger partial charge in [0.25, 0.3) is 0 Å². The molecular formula is C7H5BrClNO3. The zero-order chi connectivity index (χ0) is 10.0. The molecule has 0 saturated carbocycles. The Labute approximate surface area is 87.6 Å². The number of aromatic nitrogens is 1. The van der Waals surface area contributed by atoms with E-state index in [9.17, 15) is 4.79 Å². The van der Waals surface area contributed by atoms with Crippen molar-refractivity contribution in [3.8, 4) is 5.75 Å². The van der Waals surface area contributed by atoms with Gasteiger partial charge in [0, 0.05) is 0 Å². The predicted octanol–water partition coefficient (Wildman–Crippen LogP) is 2.20. The molecule has 0 saturated heterocycles. The summed E-state index contributed by atoms with van der Waals surface area (Å²) in [4.78, 5) is 14.3. The minimum atomic E-state index is -1.17. The SMILES string of the molecule is COc1cc(Br)c(Cl)nc1C(=O)O. The third kappa shape index (κ3) is 2.10. The van der Waals surface area contributed by atoms with Crippen molar-refractivity contribution in [2.75, 3.05) is 7.11 Å². The highest BCUT2D eigenvalue weighted by Crippen LogP contribution is 2.27. The van der Waals surface area contributed by atoms with E-state index in [1.165, 1.54) is 13.2 Å². The quantitative estimate of drug-likeness (QED) is 0.834. The van der Waals surface area contributed by atoms with Gasteiger partial charge >= 0.3 is 5.97 Å². The number of ether oxygens (including phenoxy) is 1. The normalized spacial score (nSPS) is 9.77. The molecule has 0 radical (unpaired) electrons. The number of carbonyl (C=O) groups is 1. The largest absolute Gasteiger partial charge is 0.494 e. The van der Waals surface area contributed by atoms with E-state index in [1.54, 1.807) is 0 Å². The summed E-state index contributed by atoms with van der Waals surface area (Å²) in [5.41, 5.74) is -0.198. The first-order chi connectivity index (χ1) is 6.06. The number of carboxylic acids is 1. The topological polar surface area (TPSA) is 59.4 Å².